The zero-order valence-electron chi connectivity index (χ0n) is 7.99. The van der Waals surface area contributed by atoms with Gasteiger partial charge in [-0.1, -0.05) is 17.7 Å². The number of fused-ring (bicyclic) bond motifs is 1. The lowest BCUT2D eigenvalue weighted by atomic mass is 10.0. The first-order valence-corrected chi connectivity index (χ1v) is 4.76. The summed E-state index contributed by atoms with van der Waals surface area (Å²) in [5, 5.41) is 10.2. The van der Waals surface area contributed by atoms with E-state index < -0.39 is 5.97 Å². The molecule has 0 atom stereocenters. The fourth-order valence-electron chi connectivity index (χ4n) is 1.54. The van der Waals surface area contributed by atoms with E-state index in [0.717, 1.165) is 5.39 Å². The van der Waals surface area contributed by atoms with E-state index in [9.17, 15) is 4.79 Å². The molecule has 0 aliphatic rings. The van der Waals surface area contributed by atoms with Gasteiger partial charge in [-0.05, 0) is 30.7 Å². The zero-order valence-corrected chi connectivity index (χ0v) is 8.75. The fraction of sp³-hybridized carbons (Fsp3) is 0.0909. The van der Waals surface area contributed by atoms with Crippen molar-refractivity contribution in [1.82, 2.24) is 4.98 Å². The summed E-state index contributed by atoms with van der Waals surface area (Å²) in [7, 11) is 0. The molecule has 1 aromatic heterocycles. The molecular formula is C11H8ClNO2. The van der Waals surface area contributed by atoms with Crippen LogP contribution in [-0.2, 0) is 0 Å². The summed E-state index contributed by atoms with van der Waals surface area (Å²) in [5.74, 6) is -0.948. The third kappa shape index (κ3) is 1.66. The summed E-state index contributed by atoms with van der Waals surface area (Å²) < 4.78 is 0. The molecule has 1 aromatic carbocycles. The van der Waals surface area contributed by atoms with Crippen LogP contribution in [0.3, 0.4) is 0 Å². The minimum Gasteiger partial charge on any atom is -0.478 e. The SMILES string of the molecule is Cc1c(C(=O)O)ccc2ccc(Cl)nc12. The van der Waals surface area contributed by atoms with Gasteiger partial charge in [-0.3, -0.25) is 0 Å². The predicted octanol–water partition coefficient (Wildman–Crippen LogP) is 2.89. The molecular weight excluding hydrogens is 214 g/mol. The maximum atomic E-state index is 10.9. The summed E-state index contributed by atoms with van der Waals surface area (Å²) in [6, 6.07) is 6.82. The summed E-state index contributed by atoms with van der Waals surface area (Å²) in [6.07, 6.45) is 0. The van der Waals surface area contributed by atoms with Crippen LogP contribution in [-0.4, -0.2) is 16.1 Å². The molecule has 1 N–H and O–H groups in total. The number of aromatic carboxylic acids is 1. The molecule has 2 aromatic rings. The van der Waals surface area contributed by atoms with Crippen LogP contribution >= 0.6 is 11.6 Å². The normalized spacial score (nSPS) is 10.5. The molecule has 0 saturated heterocycles. The maximum Gasteiger partial charge on any atom is 0.336 e. The van der Waals surface area contributed by atoms with Crippen molar-refractivity contribution in [3.63, 3.8) is 0 Å². The van der Waals surface area contributed by atoms with Gasteiger partial charge in [0, 0.05) is 5.39 Å². The number of hydrogen-bond acceptors (Lipinski definition) is 2. The van der Waals surface area contributed by atoms with E-state index in [0.29, 0.717) is 16.2 Å². The van der Waals surface area contributed by atoms with Crippen molar-refractivity contribution in [2.24, 2.45) is 0 Å². The quantitative estimate of drug-likeness (QED) is 0.754. The molecule has 0 radical (unpaired) electrons. The number of nitrogens with zero attached hydrogens (tertiary/aromatic N) is 1. The second-order valence-corrected chi connectivity index (χ2v) is 3.64. The highest BCUT2D eigenvalue weighted by molar-refractivity contribution is 6.29. The van der Waals surface area contributed by atoms with Gasteiger partial charge in [0.2, 0.25) is 0 Å². The molecule has 3 nitrogen and oxygen atoms in total. The fourth-order valence-corrected chi connectivity index (χ4v) is 1.69. The van der Waals surface area contributed by atoms with Gasteiger partial charge < -0.3 is 5.11 Å². The minimum absolute atomic E-state index is 0.261. The number of aromatic nitrogens is 1. The number of benzene rings is 1. The molecule has 76 valence electrons. The highest BCUT2D eigenvalue weighted by Crippen LogP contribution is 2.21. The van der Waals surface area contributed by atoms with Crippen molar-refractivity contribution in [1.29, 1.82) is 0 Å². The van der Waals surface area contributed by atoms with E-state index in [-0.39, 0.29) is 5.56 Å². The molecule has 0 bridgehead atoms. The summed E-state index contributed by atoms with van der Waals surface area (Å²) in [6.45, 7) is 1.73. The lowest BCUT2D eigenvalue weighted by molar-refractivity contribution is 0.0696. The van der Waals surface area contributed by atoms with Crippen molar-refractivity contribution in [3.05, 3.63) is 40.5 Å². The number of pyridine rings is 1. The molecule has 1 heterocycles. The molecule has 0 unspecified atom stereocenters. The highest BCUT2D eigenvalue weighted by atomic mass is 35.5. The Morgan fingerprint density at radius 1 is 1.33 bits per heavy atom. The van der Waals surface area contributed by atoms with E-state index in [2.05, 4.69) is 4.98 Å². The first kappa shape index (κ1) is 9.93. The summed E-state index contributed by atoms with van der Waals surface area (Å²) >= 11 is 5.76. The van der Waals surface area contributed by atoms with E-state index in [1.807, 2.05) is 6.07 Å². The molecule has 0 aliphatic carbocycles. The molecule has 0 fully saturated rings. The Morgan fingerprint density at radius 3 is 2.67 bits per heavy atom. The lowest BCUT2D eigenvalue weighted by Crippen LogP contribution is -2.00. The van der Waals surface area contributed by atoms with Gasteiger partial charge in [0.25, 0.3) is 0 Å². The van der Waals surface area contributed by atoms with Gasteiger partial charge in [0.05, 0.1) is 11.1 Å². The largest absolute Gasteiger partial charge is 0.478 e. The summed E-state index contributed by atoms with van der Waals surface area (Å²) in [4.78, 5) is 15.0. The van der Waals surface area contributed by atoms with Crippen LogP contribution in [0.25, 0.3) is 10.9 Å². The smallest absolute Gasteiger partial charge is 0.336 e. The Kier molecular flexibility index (Phi) is 2.32. The maximum absolute atomic E-state index is 10.9. The van der Waals surface area contributed by atoms with Crippen LogP contribution in [0.2, 0.25) is 5.15 Å². The van der Waals surface area contributed by atoms with Crippen molar-refractivity contribution < 1.29 is 9.90 Å². The monoisotopic (exact) mass is 221 g/mol. The Balaban J connectivity index is 2.82. The third-order valence-electron chi connectivity index (χ3n) is 2.31. The van der Waals surface area contributed by atoms with Crippen LogP contribution < -0.4 is 0 Å². The summed E-state index contributed by atoms with van der Waals surface area (Å²) in [5.41, 5.74) is 1.54. The van der Waals surface area contributed by atoms with E-state index >= 15 is 0 Å². The second-order valence-electron chi connectivity index (χ2n) is 3.25. The standard InChI is InChI=1S/C11H8ClNO2/c1-6-8(11(14)15)4-2-7-3-5-9(12)13-10(6)7/h2-5H,1H3,(H,14,15). The number of carbonyl (C=O) groups is 1. The van der Waals surface area contributed by atoms with Crippen molar-refractivity contribution in [2.75, 3.05) is 0 Å². The molecule has 0 saturated carbocycles. The van der Waals surface area contributed by atoms with Gasteiger partial charge in [0.1, 0.15) is 5.15 Å². The third-order valence-corrected chi connectivity index (χ3v) is 2.52. The molecule has 2 rings (SSSR count). The van der Waals surface area contributed by atoms with Crippen molar-refractivity contribution in [2.45, 2.75) is 6.92 Å². The Bertz CT molecular complexity index is 552. The molecule has 0 spiro atoms. The lowest BCUT2D eigenvalue weighted by Gasteiger charge is -2.04. The first-order valence-electron chi connectivity index (χ1n) is 4.39. The molecule has 0 amide bonds. The highest BCUT2D eigenvalue weighted by Gasteiger charge is 2.10. The van der Waals surface area contributed by atoms with Gasteiger partial charge >= 0.3 is 5.97 Å². The molecule has 0 aliphatic heterocycles. The van der Waals surface area contributed by atoms with Gasteiger partial charge in [-0.25, -0.2) is 9.78 Å². The number of carboxylic acid groups (broad SMARTS) is 1. The van der Waals surface area contributed by atoms with Crippen LogP contribution in [0, 0.1) is 6.92 Å². The van der Waals surface area contributed by atoms with Crippen LogP contribution in [0.15, 0.2) is 24.3 Å². The van der Waals surface area contributed by atoms with E-state index in [4.69, 9.17) is 16.7 Å². The number of hydrogen-bond donors (Lipinski definition) is 1. The second kappa shape index (κ2) is 3.51. The average molecular weight is 222 g/mol. The number of halogens is 1. The van der Waals surface area contributed by atoms with Crippen LogP contribution in [0.5, 0.6) is 0 Å². The molecule has 15 heavy (non-hydrogen) atoms. The minimum atomic E-state index is -0.948. The first-order chi connectivity index (χ1) is 7.09. The van der Waals surface area contributed by atoms with Gasteiger partial charge in [-0.15, -0.1) is 0 Å². The van der Waals surface area contributed by atoms with Gasteiger partial charge in [0.15, 0.2) is 0 Å². The number of rotatable bonds is 1. The van der Waals surface area contributed by atoms with Crippen LogP contribution in [0.4, 0.5) is 0 Å². The average Bonchev–Trinajstić information content (AvgIpc) is 2.19. The number of aryl methyl sites for hydroxylation is 1. The van der Waals surface area contributed by atoms with Gasteiger partial charge in [-0.2, -0.15) is 0 Å². The zero-order chi connectivity index (χ0) is 11.0. The predicted molar refractivity (Wildman–Crippen MR) is 58.4 cm³/mol. The van der Waals surface area contributed by atoms with Crippen molar-refractivity contribution in [3.8, 4) is 0 Å². The van der Waals surface area contributed by atoms with Crippen LogP contribution in [0.1, 0.15) is 15.9 Å². The topological polar surface area (TPSA) is 50.2 Å². The van der Waals surface area contributed by atoms with Crippen molar-refractivity contribution >= 4 is 28.5 Å². The molecule has 4 heteroatoms. The van der Waals surface area contributed by atoms with E-state index in [1.54, 1.807) is 25.1 Å². The van der Waals surface area contributed by atoms with E-state index in [1.165, 1.54) is 0 Å². The Labute approximate surface area is 91.3 Å². The Morgan fingerprint density at radius 2 is 2.00 bits per heavy atom. The number of carboxylic acids is 1. The Hall–Kier alpha value is -1.61.